The molecule has 0 bridgehead atoms. The Morgan fingerprint density at radius 3 is 3.06 bits per heavy atom. The van der Waals surface area contributed by atoms with Crippen LogP contribution in [0.1, 0.15) is 18.1 Å². The molecule has 2 amide bonds. The molecule has 0 aromatic carbocycles. The standard InChI is InChI=1S/C11H17N5O2/c1-8-13-10(18-14-8)7-15-4-5-16(11(15)17)9-2-3-12-6-9/h9,12H,2-7H2,1H3. The number of carbonyl (C=O) groups is 1. The molecular weight excluding hydrogens is 234 g/mol. The number of hydrogen-bond acceptors (Lipinski definition) is 5. The summed E-state index contributed by atoms with van der Waals surface area (Å²) in [5, 5.41) is 7.02. The van der Waals surface area contributed by atoms with Gasteiger partial charge in [0.25, 0.3) is 0 Å². The minimum absolute atomic E-state index is 0.0829. The van der Waals surface area contributed by atoms with Crippen LogP contribution in [0.15, 0.2) is 4.52 Å². The van der Waals surface area contributed by atoms with Crippen molar-refractivity contribution in [1.82, 2.24) is 25.3 Å². The number of amides is 2. The van der Waals surface area contributed by atoms with Crippen LogP contribution >= 0.6 is 0 Å². The number of aryl methyl sites for hydroxylation is 1. The molecule has 1 aromatic rings. The monoisotopic (exact) mass is 251 g/mol. The van der Waals surface area contributed by atoms with Crippen molar-refractivity contribution in [3.8, 4) is 0 Å². The second-order valence-corrected chi connectivity index (χ2v) is 4.78. The maximum atomic E-state index is 12.2. The first-order valence-corrected chi connectivity index (χ1v) is 6.29. The lowest BCUT2D eigenvalue weighted by molar-refractivity contribution is 0.174. The highest BCUT2D eigenvalue weighted by Crippen LogP contribution is 2.18. The molecule has 3 rings (SSSR count). The van der Waals surface area contributed by atoms with Crippen LogP contribution in [0.4, 0.5) is 4.79 Å². The summed E-state index contributed by atoms with van der Waals surface area (Å²) in [4.78, 5) is 20.1. The molecule has 2 saturated heterocycles. The van der Waals surface area contributed by atoms with Crippen LogP contribution in [0, 0.1) is 6.92 Å². The number of rotatable bonds is 3. The fourth-order valence-electron chi connectivity index (χ4n) is 2.56. The number of nitrogens with one attached hydrogen (secondary N) is 1. The minimum atomic E-state index is 0.0829. The summed E-state index contributed by atoms with van der Waals surface area (Å²) < 4.78 is 5.05. The zero-order valence-corrected chi connectivity index (χ0v) is 10.4. The number of urea groups is 1. The summed E-state index contributed by atoms with van der Waals surface area (Å²) in [7, 11) is 0. The molecule has 3 heterocycles. The average molecular weight is 251 g/mol. The first kappa shape index (κ1) is 11.5. The van der Waals surface area contributed by atoms with Crippen LogP contribution in [0.25, 0.3) is 0 Å². The van der Waals surface area contributed by atoms with Crippen LogP contribution < -0.4 is 5.32 Å². The summed E-state index contributed by atoms with van der Waals surface area (Å²) >= 11 is 0. The fourth-order valence-corrected chi connectivity index (χ4v) is 2.56. The van der Waals surface area contributed by atoms with E-state index in [0.717, 1.165) is 32.6 Å². The van der Waals surface area contributed by atoms with E-state index < -0.39 is 0 Å². The largest absolute Gasteiger partial charge is 0.337 e. The van der Waals surface area contributed by atoms with Gasteiger partial charge >= 0.3 is 6.03 Å². The van der Waals surface area contributed by atoms with E-state index in [1.165, 1.54) is 0 Å². The van der Waals surface area contributed by atoms with Crippen molar-refractivity contribution in [3.05, 3.63) is 11.7 Å². The van der Waals surface area contributed by atoms with Gasteiger partial charge in [0, 0.05) is 25.7 Å². The summed E-state index contributed by atoms with van der Waals surface area (Å²) in [6.45, 7) is 5.61. The molecule has 18 heavy (non-hydrogen) atoms. The first-order chi connectivity index (χ1) is 8.74. The maximum Gasteiger partial charge on any atom is 0.320 e. The molecule has 2 aliphatic heterocycles. The van der Waals surface area contributed by atoms with Crippen LogP contribution in [-0.4, -0.2) is 58.2 Å². The number of hydrogen-bond donors (Lipinski definition) is 1. The van der Waals surface area contributed by atoms with E-state index in [2.05, 4.69) is 15.5 Å². The summed E-state index contributed by atoms with van der Waals surface area (Å²) in [5.41, 5.74) is 0. The van der Waals surface area contributed by atoms with E-state index in [1.54, 1.807) is 11.8 Å². The molecule has 2 aliphatic rings. The first-order valence-electron chi connectivity index (χ1n) is 6.29. The summed E-state index contributed by atoms with van der Waals surface area (Å²) in [6, 6.07) is 0.423. The molecule has 1 unspecified atom stereocenters. The molecule has 98 valence electrons. The second-order valence-electron chi connectivity index (χ2n) is 4.78. The van der Waals surface area contributed by atoms with Crippen molar-refractivity contribution in [3.63, 3.8) is 0 Å². The predicted octanol–water partition coefficient (Wildman–Crippen LogP) is -0.0225. The minimum Gasteiger partial charge on any atom is -0.337 e. The predicted molar refractivity (Wildman–Crippen MR) is 62.8 cm³/mol. The topological polar surface area (TPSA) is 74.5 Å². The van der Waals surface area contributed by atoms with Gasteiger partial charge in [0.1, 0.15) is 6.54 Å². The van der Waals surface area contributed by atoms with Gasteiger partial charge in [-0.25, -0.2) is 4.79 Å². The lowest BCUT2D eigenvalue weighted by Gasteiger charge is -2.23. The van der Waals surface area contributed by atoms with Crippen LogP contribution in [0.5, 0.6) is 0 Å². The molecule has 0 radical (unpaired) electrons. The third kappa shape index (κ3) is 2.05. The van der Waals surface area contributed by atoms with Crippen molar-refractivity contribution in [2.24, 2.45) is 0 Å². The van der Waals surface area contributed by atoms with E-state index >= 15 is 0 Å². The van der Waals surface area contributed by atoms with Gasteiger partial charge in [0.2, 0.25) is 5.89 Å². The number of aromatic nitrogens is 2. The Kier molecular flexibility index (Phi) is 2.91. The highest BCUT2D eigenvalue weighted by atomic mass is 16.5. The zero-order chi connectivity index (χ0) is 12.5. The van der Waals surface area contributed by atoms with Crippen LogP contribution in [-0.2, 0) is 6.54 Å². The third-order valence-corrected chi connectivity index (χ3v) is 3.50. The summed E-state index contributed by atoms with van der Waals surface area (Å²) in [6.07, 6.45) is 1.04. The Labute approximate surface area is 105 Å². The normalized spacial score (nSPS) is 24.3. The van der Waals surface area contributed by atoms with Crippen molar-refractivity contribution in [1.29, 1.82) is 0 Å². The van der Waals surface area contributed by atoms with Gasteiger partial charge in [0.05, 0.1) is 0 Å². The van der Waals surface area contributed by atoms with E-state index in [1.807, 2.05) is 4.90 Å². The van der Waals surface area contributed by atoms with Crippen LogP contribution in [0.2, 0.25) is 0 Å². The molecule has 7 nitrogen and oxygen atoms in total. The van der Waals surface area contributed by atoms with E-state index in [0.29, 0.717) is 24.3 Å². The Hall–Kier alpha value is -1.63. The lowest BCUT2D eigenvalue weighted by atomic mass is 10.2. The Morgan fingerprint density at radius 2 is 2.39 bits per heavy atom. The molecule has 7 heteroatoms. The third-order valence-electron chi connectivity index (χ3n) is 3.50. The Balaban J connectivity index is 1.63. The molecule has 1 atom stereocenters. The van der Waals surface area contributed by atoms with Gasteiger partial charge in [-0.15, -0.1) is 0 Å². The zero-order valence-electron chi connectivity index (χ0n) is 10.4. The molecule has 0 aliphatic carbocycles. The molecule has 0 spiro atoms. The van der Waals surface area contributed by atoms with E-state index in [4.69, 9.17) is 4.52 Å². The van der Waals surface area contributed by atoms with E-state index in [9.17, 15) is 4.79 Å². The van der Waals surface area contributed by atoms with Gasteiger partial charge in [-0.3, -0.25) is 0 Å². The van der Waals surface area contributed by atoms with Gasteiger partial charge in [-0.05, 0) is 19.9 Å². The highest BCUT2D eigenvalue weighted by Gasteiger charge is 2.35. The molecule has 1 aromatic heterocycles. The molecule has 0 saturated carbocycles. The second kappa shape index (κ2) is 4.56. The highest BCUT2D eigenvalue weighted by molar-refractivity contribution is 5.76. The van der Waals surface area contributed by atoms with Crippen LogP contribution in [0.3, 0.4) is 0 Å². The van der Waals surface area contributed by atoms with Crippen molar-refractivity contribution in [2.75, 3.05) is 26.2 Å². The number of carbonyl (C=O) groups excluding carboxylic acids is 1. The quantitative estimate of drug-likeness (QED) is 0.817. The average Bonchev–Trinajstić information content (AvgIpc) is 3.04. The van der Waals surface area contributed by atoms with Gasteiger partial charge in [0.15, 0.2) is 5.82 Å². The smallest absolute Gasteiger partial charge is 0.320 e. The fraction of sp³-hybridized carbons (Fsp3) is 0.727. The Morgan fingerprint density at radius 1 is 1.50 bits per heavy atom. The van der Waals surface area contributed by atoms with Gasteiger partial charge in [-0.1, -0.05) is 5.16 Å². The van der Waals surface area contributed by atoms with E-state index in [-0.39, 0.29) is 6.03 Å². The molecule has 1 N–H and O–H groups in total. The lowest BCUT2D eigenvalue weighted by Crippen LogP contribution is -2.40. The van der Waals surface area contributed by atoms with Gasteiger partial charge in [-0.2, -0.15) is 4.98 Å². The van der Waals surface area contributed by atoms with Crippen molar-refractivity contribution >= 4 is 6.03 Å². The maximum absolute atomic E-state index is 12.2. The number of nitrogens with zero attached hydrogens (tertiary/aromatic N) is 4. The molecular formula is C11H17N5O2. The van der Waals surface area contributed by atoms with Crippen molar-refractivity contribution in [2.45, 2.75) is 25.9 Å². The summed E-state index contributed by atoms with van der Waals surface area (Å²) in [5.74, 6) is 1.11. The van der Waals surface area contributed by atoms with Gasteiger partial charge < -0.3 is 19.6 Å². The van der Waals surface area contributed by atoms with Crippen molar-refractivity contribution < 1.29 is 9.32 Å². The SMILES string of the molecule is Cc1noc(CN2CCN(C3CCNC3)C2=O)n1. The Bertz CT molecular complexity index is 440. The molecule has 2 fully saturated rings.